The van der Waals surface area contributed by atoms with Crippen molar-refractivity contribution in [3.63, 3.8) is 0 Å². The molecule has 0 saturated heterocycles. The van der Waals surface area contributed by atoms with Crippen LogP contribution in [0.3, 0.4) is 0 Å². The Bertz CT molecular complexity index is 412. The Morgan fingerprint density at radius 1 is 1.33 bits per heavy atom. The van der Waals surface area contributed by atoms with Crippen LogP contribution in [0.2, 0.25) is 0 Å². The largest absolute Gasteiger partial charge is 0.462 e. The lowest BCUT2D eigenvalue weighted by molar-refractivity contribution is 0.0488. The van der Waals surface area contributed by atoms with Crippen molar-refractivity contribution in [2.24, 2.45) is 11.7 Å². The number of rotatable bonds is 6. The zero-order valence-corrected chi connectivity index (χ0v) is 11.6. The van der Waals surface area contributed by atoms with Crippen LogP contribution in [0, 0.1) is 5.92 Å². The van der Waals surface area contributed by atoms with Gasteiger partial charge in [0.25, 0.3) is 0 Å². The molecule has 0 atom stereocenters. The van der Waals surface area contributed by atoms with Crippen molar-refractivity contribution < 1.29 is 9.53 Å². The second kappa shape index (κ2) is 7.11. The van der Waals surface area contributed by atoms with Gasteiger partial charge in [0.2, 0.25) is 0 Å². The van der Waals surface area contributed by atoms with Gasteiger partial charge in [-0.3, -0.25) is 0 Å². The Labute approximate surface area is 113 Å². The van der Waals surface area contributed by atoms with Gasteiger partial charge in [-0.2, -0.15) is 0 Å². The molecular weight excluding hydrogens is 246 g/mol. The molecular formula is C14H19NO2S. The molecule has 0 unspecified atom stereocenters. The highest BCUT2D eigenvalue weighted by Crippen LogP contribution is 2.08. The van der Waals surface area contributed by atoms with E-state index in [1.807, 2.05) is 12.1 Å². The molecule has 0 bridgehead atoms. The average Bonchev–Trinajstić information content (AvgIpc) is 2.28. The smallest absolute Gasteiger partial charge is 0.338 e. The fraction of sp³-hybridized carbons (Fsp3) is 0.429. The maximum atomic E-state index is 11.7. The summed E-state index contributed by atoms with van der Waals surface area (Å²) in [4.78, 5) is 12.1. The van der Waals surface area contributed by atoms with Crippen LogP contribution >= 0.6 is 12.2 Å². The monoisotopic (exact) mass is 265 g/mol. The third kappa shape index (κ3) is 5.27. The van der Waals surface area contributed by atoms with Gasteiger partial charge in [0.1, 0.15) is 0 Å². The predicted molar refractivity (Wildman–Crippen MR) is 76.7 cm³/mol. The van der Waals surface area contributed by atoms with Crippen molar-refractivity contribution >= 4 is 23.2 Å². The minimum Gasteiger partial charge on any atom is -0.462 e. The standard InChI is InChI=1S/C14H19NO2S/c1-10(2)7-8-17-14(16)12-5-3-11(4-6-12)9-13(15)18/h3-6,10H,7-9H2,1-2H3,(H2,15,18). The highest BCUT2D eigenvalue weighted by atomic mass is 32.1. The molecule has 0 radical (unpaired) electrons. The van der Waals surface area contributed by atoms with Crippen LogP contribution in [0.15, 0.2) is 24.3 Å². The van der Waals surface area contributed by atoms with E-state index in [2.05, 4.69) is 13.8 Å². The van der Waals surface area contributed by atoms with E-state index < -0.39 is 0 Å². The van der Waals surface area contributed by atoms with Gasteiger partial charge in [-0.15, -0.1) is 0 Å². The average molecular weight is 265 g/mol. The van der Waals surface area contributed by atoms with Gasteiger partial charge < -0.3 is 10.5 Å². The van der Waals surface area contributed by atoms with Crippen LogP contribution in [0.4, 0.5) is 0 Å². The molecule has 0 aromatic heterocycles. The molecule has 0 heterocycles. The summed E-state index contributed by atoms with van der Waals surface area (Å²) in [5.41, 5.74) is 7.02. The number of carbonyl (C=O) groups is 1. The topological polar surface area (TPSA) is 52.3 Å². The zero-order valence-electron chi connectivity index (χ0n) is 10.8. The SMILES string of the molecule is CC(C)CCOC(=O)c1ccc(CC(N)=S)cc1. The molecule has 18 heavy (non-hydrogen) atoms. The van der Waals surface area contributed by atoms with Crippen molar-refractivity contribution in [3.05, 3.63) is 35.4 Å². The number of esters is 1. The fourth-order valence-corrected chi connectivity index (χ4v) is 1.60. The van der Waals surface area contributed by atoms with Crippen LogP contribution in [0.5, 0.6) is 0 Å². The second-order valence-electron chi connectivity index (χ2n) is 4.66. The molecule has 0 saturated carbocycles. The lowest BCUT2D eigenvalue weighted by Crippen LogP contribution is -2.11. The van der Waals surface area contributed by atoms with Crippen LogP contribution < -0.4 is 5.73 Å². The molecule has 0 aliphatic heterocycles. The van der Waals surface area contributed by atoms with Gasteiger partial charge in [0.15, 0.2) is 0 Å². The van der Waals surface area contributed by atoms with E-state index in [1.165, 1.54) is 0 Å². The van der Waals surface area contributed by atoms with Crippen molar-refractivity contribution in [1.82, 2.24) is 0 Å². The van der Waals surface area contributed by atoms with E-state index in [-0.39, 0.29) is 5.97 Å². The molecule has 4 heteroatoms. The third-order valence-corrected chi connectivity index (χ3v) is 2.64. The van der Waals surface area contributed by atoms with Crippen LogP contribution in [0.1, 0.15) is 36.2 Å². The predicted octanol–water partition coefficient (Wildman–Crippen LogP) is 2.72. The molecule has 1 aromatic carbocycles. The summed E-state index contributed by atoms with van der Waals surface area (Å²) in [6.07, 6.45) is 1.43. The number of thiocarbonyl (C=S) groups is 1. The summed E-state index contributed by atoms with van der Waals surface area (Å²) in [5.74, 6) is 0.253. The van der Waals surface area contributed by atoms with Gasteiger partial charge in [-0.1, -0.05) is 38.2 Å². The molecule has 0 spiro atoms. The Morgan fingerprint density at radius 2 is 1.94 bits per heavy atom. The first-order chi connectivity index (χ1) is 8.49. The second-order valence-corrected chi connectivity index (χ2v) is 5.18. The molecule has 1 aromatic rings. The zero-order chi connectivity index (χ0) is 13.5. The van der Waals surface area contributed by atoms with E-state index >= 15 is 0 Å². The fourth-order valence-electron chi connectivity index (χ4n) is 1.43. The van der Waals surface area contributed by atoms with E-state index in [9.17, 15) is 4.79 Å². The first kappa shape index (κ1) is 14.6. The summed E-state index contributed by atoms with van der Waals surface area (Å²) in [6.45, 7) is 4.65. The summed E-state index contributed by atoms with van der Waals surface area (Å²) in [6, 6.07) is 7.17. The number of ether oxygens (including phenoxy) is 1. The van der Waals surface area contributed by atoms with Gasteiger partial charge in [0, 0.05) is 6.42 Å². The van der Waals surface area contributed by atoms with E-state index in [0.717, 1.165) is 12.0 Å². The first-order valence-corrected chi connectivity index (χ1v) is 6.44. The summed E-state index contributed by atoms with van der Waals surface area (Å²) in [5, 5.41) is 0. The normalized spacial score (nSPS) is 10.4. The maximum absolute atomic E-state index is 11.7. The molecule has 0 amide bonds. The summed E-state index contributed by atoms with van der Waals surface area (Å²) in [7, 11) is 0. The molecule has 1 rings (SSSR count). The van der Waals surface area contributed by atoms with Crippen LogP contribution in [-0.2, 0) is 11.2 Å². The molecule has 3 nitrogen and oxygen atoms in total. The molecule has 2 N–H and O–H groups in total. The minimum atomic E-state index is -0.280. The van der Waals surface area contributed by atoms with Gasteiger partial charge in [-0.25, -0.2) is 4.79 Å². The van der Waals surface area contributed by atoms with Crippen LogP contribution in [0.25, 0.3) is 0 Å². The van der Waals surface area contributed by atoms with Gasteiger partial charge in [-0.05, 0) is 30.0 Å². The Kier molecular flexibility index (Phi) is 5.78. The molecule has 0 aliphatic carbocycles. The van der Waals surface area contributed by atoms with Crippen LogP contribution in [-0.4, -0.2) is 17.6 Å². The lowest BCUT2D eigenvalue weighted by atomic mass is 10.1. The van der Waals surface area contributed by atoms with Gasteiger partial charge >= 0.3 is 5.97 Å². The number of nitrogens with two attached hydrogens (primary N) is 1. The van der Waals surface area contributed by atoms with Crippen molar-refractivity contribution in [2.45, 2.75) is 26.7 Å². The number of hydrogen-bond acceptors (Lipinski definition) is 3. The van der Waals surface area contributed by atoms with E-state index in [0.29, 0.717) is 29.5 Å². The first-order valence-electron chi connectivity index (χ1n) is 6.03. The molecule has 98 valence electrons. The van der Waals surface area contributed by atoms with Crippen molar-refractivity contribution in [3.8, 4) is 0 Å². The quantitative estimate of drug-likeness (QED) is 0.634. The summed E-state index contributed by atoms with van der Waals surface area (Å²) >= 11 is 4.83. The van der Waals surface area contributed by atoms with E-state index in [4.69, 9.17) is 22.7 Å². The Hall–Kier alpha value is -1.42. The third-order valence-electron chi connectivity index (χ3n) is 2.50. The van der Waals surface area contributed by atoms with Crippen molar-refractivity contribution in [2.75, 3.05) is 6.61 Å². The highest BCUT2D eigenvalue weighted by molar-refractivity contribution is 7.80. The Morgan fingerprint density at radius 3 is 2.44 bits per heavy atom. The number of hydrogen-bond donors (Lipinski definition) is 1. The molecule has 0 aliphatic rings. The number of benzene rings is 1. The Balaban J connectivity index is 2.51. The van der Waals surface area contributed by atoms with Crippen molar-refractivity contribution in [1.29, 1.82) is 0 Å². The molecule has 0 fully saturated rings. The lowest BCUT2D eigenvalue weighted by Gasteiger charge is -2.07. The minimum absolute atomic E-state index is 0.280. The maximum Gasteiger partial charge on any atom is 0.338 e. The highest BCUT2D eigenvalue weighted by Gasteiger charge is 2.07. The van der Waals surface area contributed by atoms with Gasteiger partial charge in [0.05, 0.1) is 17.2 Å². The summed E-state index contributed by atoms with van der Waals surface area (Å²) < 4.78 is 5.17. The van der Waals surface area contributed by atoms with E-state index in [1.54, 1.807) is 12.1 Å². The number of carbonyl (C=O) groups excluding carboxylic acids is 1.